The lowest BCUT2D eigenvalue weighted by atomic mass is 9.76. The molecule has 3 aromatic rings. The molecular weight excluding hydrogens is 462 g/mol. The van der Waals surface area contributed by atoms with E-state index in [9.17, 15) is 14.7 Å². The van der Waals surface area contributed by atoms with Gasteiger partial charge in [0, 0.05) is 10.7 Å². The fourth-order valence-corrected chi connectivity index (χ4v) is 5.40. The highest BCUT2D eigenvalue weighted by Crippen LogP contribution is 2.48. The van der Waals surface area contributed by atoms with Crippen molar-refractivity contribution in [2.24, 2.45) is 0 Å². The summed E-state index contributed by atoms with van der Waals surface area (Å²) in [5.41, 5.74) is 4.17. The van der Waals surface area contributed by atoms with E-state index in [1.165, 1.54) is 0 Å². The number of carbonyl (C=O) groups excluding carboxylic acids is 1. The van der Waals surface area contributed by atoms with E-state index in [1.807, 2.05) is 37.3 Å². The van der Waals surface area contributed by atoms with E-state index in [-0.39, 0.29) is 23.6 Å². The lowest BCUT2D eigenvalue weighted by molar-refractivity contribution is -0.121. The van der Waals surface area contributed by atoms with E-state index in [0.717, 1.165) is 46.5 Å². The molecule has 1 N–H and O–H groups in total. The lowest BCUT2D eigenvalue weighted by Gasteiger charge is -2.34. The molecule has 0 saturated heterocycles. The van der Waals surface area contributed by atoms with Crippen LogP contribution < -0.4 is 9.64 Å². The van der Waals surface area contributed by atoms with Crippen LogP contribution in [0.4, 0.5) is 5.69 Å². The van der Waals surface area contributed by atoms with Crippen molar-refractivity contribution in [2.45, 2.75) is 58.1 Å². The molecule has 0 unspecified atom stereocenters. The van der Waals surface area contributed by atoms with Gasteiger partial charge in [-0.15, -0.1) is 0 Å². The molecule has 0 bridgehead atoms. The molecule has 180 valence electrons. The van der Waals surface area contributed by atoms with Crippen molar-refractivity contribution < 1.29 is 19.4 Å². The van der Waals surface area contributed by atoms with Gasteiger partial charge in [0.25, 0.3) is 0 Å². The number of halogens is 1. The molecule has 3 aromatic carbocycles. The maximum absolute atomic E-state index is 14.1. The van der Waals surface area contributed by atoms with E-state index >= 15 is 0 Å². The van der Waals surface area contributed by atoms with Gasteiger partial charge in [0.1, 0.15) is 11.4 Å². The molecule has 2 aliphatic heterocycles. The number of fused-ring (bicyclic) bond motifs is 2. The van der Waals surface area contributed by atoms with E-state index in [4.69, 9.17) is 16.3 Å². The zero-order valence-corrected chi connectivity index (χ0v) is 21.1. The zero-order valence-electron chi connectivity index (χ0n) is 20.3. The summed E-state index contributed by atoms with van der Waals surface area (Å²) >= 11 is 6.40. The summed E-state index contributed by atoms with van der Waals surface area (Å²) in [6.45, 7) is 8.15. The van der Waals surface area contributed by atoms with Crippen molar-refractivity contribution in [3.05, 3.63) is 93.0 Å². The largest absolute Gasteiger partial charge is 0.488 e. The third kappa shape index (κ3) is 3.88. The Balaban J connectivity index is 1.58. The summed E-state index contributed by atoms with van der Waals surface area (Å²) in [5.74, 6) is -0.180. The van der Waals surface area contributed by atoms with Crippen LogP contribution in [0.1, 0.15) is 65.4 Å². The molecule has 0 radical (unpaired) electrons. The number of rotatable bonds is 4. The van der Waals surface area contributed by atoms with Crippen LogP contribution in [0.2, 0.25) is 5.02 Å². The summed E-state index contributed by atoms with van der Waals surface area (Å²) < 4.78 is 6.16. The summed E-state index contributed by atoms with van der Waals surface area (Å²) in [6, 6.07) is 16.9. The van der Waals surface area contributed by atoms with Crippen LogP contribution in [0, 0.1) is 6.92 Å². The summed E-state index contributed by atoms with van der Waals surface area (Å²) in [4.78, 5) is 27.5. The highest BCUT2D eigenvalue weighted by molar-refractivity contribution is 6.31. The third-order valence-electron chi connectivity index (χ3n) is 7.35. The monoisotopic (exact) mass is 489 g/mol. The van der Waals surface area contributed by atoms with Gasteiger partial charge in [-0.3, -0.25) is 4.79 Å². The van der Waals surface area contributed by atoms with Crippen LogP contribution in [0.25, 0.3) is 0 Å². The number of ether oxygens (including phenoxy) is 1. The van der Waals surface area contributed by atoms with Gasteiger partial charge < -0.3 is 14.7 Å². The van der Waals surface area contributed by atoms with Crippen molar-refractivity contribution in [3.8, 4) is 5.75 Å². The van der Waals surface area contributed by atoms with Gasteiger partial charge in [-0.2, -0.15) is 0 Å². The van der Waals surface area contributed by atoms with Gasteiger partial charge in [-0.25, -0.2) is 4.79 Å². The fraction of sp³-hybridized carbons (Fsp3) is 0.310. The predicted octanol–water partition coefficient (Wildman–Crippen LogP) is 6.30. The Hall–Kier alpha value is -3.31. The quantitative estimate of drug-likeness (QED) is 0.466. The van der Waals surface area contributed by atoms with Crippen LogP contribution in [-0.4, -0.2) is 22.6 Å². The van der Waals surface area contributed by atoms with E-state index in [2.05, 4.69) is 19.9 Å². The Morgan fingerprint density at radius 3 is 2.60 bits per heavy atom. The van der Waals surface area contributed by atoms with Crippen LogP contribution in [0.15, 0.2) is 54.6 Å². The molecule has 0 aliphatic carbocycles. The maximum Gasteiger partial charge on any atom is 0.335 e. The van der Waals surface area contributed by atoms with Crippen LogP contribution >= 0.6 is 11.6 Å². The molecule has 0 fully saturated rings. The number of aromatic carboxylic acids is 1. The molecule has 1 amide bonds. The molecule has 0 aromatic heterocycles. The topological polar surface area (TPSA) is 66.8 Å². The Bertz CT molecular complexity index is 1380. The molecular formula is C29H28ClNO4. The molecule has 2 heterocycles. The second-order valence-electron chi connectivity index (χ2n) is 10.3. The average molecular weight is 490 g/mol. The van der Waals surface area contributed by atoms with E-state index in [0.29, 0.717) is 10.6 Å². The number of hydrogen-bond donors (Lipinski definition) is 1. The average Bonchev–Trinajstić information content (AvgIpc) is 3.01. The van der Waals surface area contributed by atoms with Gasteiger partial charge in [-0.05, 0) is 98.7 Å². The number of carboxylic acids is 1. The Kier molecular flexibility index (Phi) is 5.44. The molecule has 0 saturated carbocycles. The van der Waals surface area contributed by atoms with Gasteiger partial charge >= 0.3 is 5.97 Å². The van der Waals surface area contributed by atoms with Gasteiger partial charge in [0.2, 0.25) is 5.91 Å². The molecule has 1 atom stereocenters. The molecule has 2 aliphatic rings. The minimum absolute atomic E-state index is 0.0655. The lowest BCUT2D eigenvalue weighted by Crippen LogP contribution is -2.39. The van der Waals surface area contributed by atoms with Crippen LogP contribution in [-0.2, 0) is 23.2 Å². The second-order valence-corrected chi connectivity index (χ2v) is 10.8. The molecule has 5 nitrogen and oxygen atoms in total. The highest BCUT2D eigenvalue weighted by atomic mass is 35.5. The van der Waals surface area contributed by atoms with Crippen molar-refractivity contribution >= 4 is 29.2 Å². The first-order valence-corrected chi connectivity index (χ1v) is 12.1. The third-order valence-corrected chi connectivity index (χ3v) is 7.59. The number of nitrogens with zero attached hydrogens (tertiary/aromatic N) is 1. The number of hydrogen-bond acceptors (Lipinski definition) is 3. The molecule has 35 heavy (non-hydrogen) atoms. The maximum atomic E-state index is 14.1. The molecule has 5 rings (SSSR count). The Morgan fingerprint density at radius 2 is 1.86 bits per heavy atom. The Labute approximate surface area is 210 Å². The number of aryl methyl sites for hydroxylation is 2. The SMILES string of the molecule is Cc1ccc(CN2C(=O)[C@@](C)(c3ccc4c(c3)CCC(C)(C)O4)c3cc(Cl)ccc32)cc1C(=O)O. The van der Waals surface area contributed by atoms with Crippen molar-refractivity contribution in [3.63, 3.8) is 0 Å². The first-order chi connectivity index (χ1) is 16.5. The number of benzene rings is 3. The van der Waals surface area contributed by atoms with Gasteiger partial charge in [0.15, 0.2) is 0 Å². The first kappa shape index (κ1) is 23.4. The number of anilines is 1. The van der Waals surface area contributed by atoms with Crippen molar-refractivity contribution in [1.82, 2.24) is 0 Å². The first-order valence-electron chi connectivity index (χ1n) is 11.8. The smallest absolute Gasteiger partial charge is 0.335 e. The number of carbonyl (C=O) groups is 2. The summed E-state index contributed by atoms with van der Waals surface area (Å²) in [7, 11) is 0. The summed E-state index contributed by atoms with van der Waals surface area (Å²) in [5, 5.41) is 10.1. The standard InChI is InChI=1S/C29H28ClNO4/c1-17-5-6-18(13-22(17)26(32)33)16-31-24-9-8-21(30)15-23(24)29(4,27(31)34)20-7-10-25-19(14-20)11-12-28(2,3)35-25/h5-10,13-15H,11-12,16H2,1-4H3,(H,32,33)/t29-/m0/s1. The fourth-order valence-electron chi connectivity index (χ4n) is 5.22. The molecule has 6 heteroatoms. The summed E-state index contributed by atoms with van der Waals surface area (Å²) in [6.07, 6.45) is 1.79. The number of carboxylic acid groups (broad SMARTS) is 1. The Morgan fingerprint density at radius 1 is 1.09 bits per heavy atom. The van der Waals surface area contributed by atoms with E-state index < -0.39 is 11.4 Å². The van der Waals surface area contributed by atoms with E-state index in [1.54, 1.807) is 30.0 Å². The van der Waals surface area contributed by atoms with Crippen molar-refractivity contribution in [1.29, 1.82) is 0 Å². The van der Waals surface area contributed by atoms with Crippen LogP contribution in [0.5, 0.6) is 5.75 Å². The minimum Gasteiger partial charge on any atom is -0.488 e. The zero-order chi connectivity index (χ0) is 25.1. The number of amides is 1. The molecule has 0 spiro atoms. The predicted molar refractivity (Wildman–Crippen MR) is 137 cm³/mol. The van der Waals surface area contributed by atoms with Crippen LogP contribution in [0.3, 0.4) is 0 Å². The van der Waals surface area contributed by atoms with Gasteiger partial charge in [-0.1, -0.05) is 35.9 Å². The van der Waals surface area contributed by atoms with Gasteiger partial charge in [0.05, 0.1) is 17.5 Å². The second kappa shape index (κ2) is 8.13. The van der Waals surface area contributed by atoms with Crippen molar-refractivity contribution in [2.75, 3.05) is 4.90 Å². The minimum atomic E-state index is -0.978. The normalized spacial score (nSPS) is 20.3. The highest BCUT2D eigenvalue weighted by Gasteiger charge is 2.49.